The first kappa shape index (κ1) is 23.7. The van der Waals surface area contributed by atoms with Gasteiger partial charge in [0.1, 0.15) is 0 Å². The Bertz CT molecular complexity index is 1520. The molecule has 2 nitrogen and oxygen atoms in total. The van der Waals surface area contributed by atoms with Gasteiger partial charge in [0.05, 0.1) is 22.8 Å². The number of rotatable bonds is 4. The molecule has 0 aliphatic heterocycles. The van der Waals surface area contributed by atoms with Crippen LogP contribution in [0.4, 0.5) is 0 Å². The van der Waals surface area contributed by atoms with Crippen molar-refractivity contribution in [3.05, 3.63) is 118 Å². The lowest BCUT2D eigenvalue weighted by Crippen LogP contribution is -2.02. The van der Waals surface area contributed by atoms with Crippen LogP contribution in [0.2, 0.25) is 0 Å². The first-order chi connectivity index (χ1) is 17.3. The fourth-order valence-electron chi connectivity index (χ4n) is 5.17. The Morgan fingerprint density at radius 2 is 0.611 bits per heavy atom. The maximum Gasteiger partial charge on any atom is 0.0973 e. The molecule has 0 saturated heterocycles. The largest absolute Gasteiger partial charge is 0.243 e. The van der Waals surface area contributed by atoms with E-state index in [1.165, 1.54) is 33.4 Å². The SMILES string of the molecule is Cc1cc(C)cc(-c2nc(-c3cc(C)cc(C)c3)c(-c3cc(C)cc(C)c3)nc2-c2ccccc2)c1. The van der Waals surface area contributed by atoms with Crippen LogP contribution in [0.15, 0.2) is 84.9 Å². The molecule has 0 radical (unpaired) electrons. The van der Waals surface area contributed by atoms with Gasteiger partial charge in [-0.25, -0.2) is 9.97 Å². The molecule has 0 amide bonds. The van der Waals surface area contributed by atoms with Crippen LogP contribution in [0.25, 0.3) is 45.0 Å². The van der Waals surface area contributed by atoms with Gasteiger partial charge in [0.15, 0.2) is 0 Å². The van der Waals surface area contributed by atoms with Gasteiger partial charge < -0.3 is 0 Å². The van der Waals surface area contributed by atoms with Crippen LogP contribution in [0.5, 0.6) is 0 Å². The molecule has 5 aromatic rings. The van der Waals surface area contributed by atoms with Crippen molar-refractivity contribution in [2.75, 3.05) is 0 Å². The molecule has 36 heavy (non-hydrogen) atoms. The quantitative estimate of drug-likeness (QED) is 0.263. The van der Waals surface area contributed by atoms with Crippen molar-refractivity contribution in [2.24, 2.45) is 0 Å². The molecule has 0 aliphatic carbocycles. The Hall–Kier alpha value is -4.04. The zero-order valence-corrected chi connectivity index (χ0v) is 22.0. The van der Waals surface area contributed by atoms with E-state index in [0.29, 0.717) is 0 Å². The number of benzene rings is 4. The molecule has 0 aliphatic rings. The van der Waals surface area contributed by atoms with E-state index >= 15 is 0 Å². The summed E-state index contributed by atoms with van der Waals surface area (Å²) in [5.41, 5.74) is 15.3. The molecule has 0 spiro atoms. The molecule has 2 heteroatoms. The number of aromatic nitrogens is 2. The Kier molecular flexibility index (Phi) is 6.28. The zero-order valence-electron chi connectivity index (χ0n) is 22.0. The molecule has 5 rings (SSSR count). The average molecular weight is 469 g/mol. The van der Waals surface area contributed by atoms with Crippen LogP contribution in [-0.2, 0) is 0 Å². The van der Waals surface area contributed by atoms with Gasteiger partial charge in [0, 0.05) is 22.3 Å². The van der Waals surface area contributed by atoms with E-state index in [1.54, 1.807) is 0 Å². The van der Waals surface area contributed by atoms with E-state index in [4.69, 9.17) is 9.97 Å². The summed E-state index contributed by atoms with van der Waals surface area (Å²) in [5, 5.41) is 0. The lowest BCUT2D eigenvalue weighted by molar-refractivity contribution is 1.20. The molecule has 4 aromatic carbocycles. The Morgan fingerprint density at radius 3 is 0.917 bits per heavy atom. The minimum absolute atomic E-state index is 0.905. The van der Waals surface area contributed by atoms with Crippen LogP contribution in [0, 0.1) is 41.5 Å². The van der Waals surface area contributed by atoms with Gasteiger partial charge in [-0.1, -0.05) is 81.9 Å². The first-order valence-corrected chi connectivity index (χ1v) is 12.5. The second-order valence-corrected chi connectivity index (χ2v) is 10.1. The van der Waals surface area contributed by atoms with Crippen LogP contribution < -0.4 is 0 Å². The highest BCUT2D eigenvalue weighted by molar-refractivity contribution is 5.87. The van der Waals surface area contributed by atoms with Gasteiger partial charge in [-0.3, -0.25) is 0 Å². The summed E-state index contributed by atoms with van der Waals surface area (Å²) in [6.07, 6.45) is 0. The topological polar surface area (TPSA) is 25.8 Å². The van der Waals surface area contributed by atoms with Gasteiger partial charge in [0.25, 0.3) is 0 Å². The molecule has 0 atom stereocenters. The second-order valence-electron chi connectivity index (χ2n) is 10.1. The van der Waals surface area contributed by atoms with Gasteiger partial charge in [-0.15, -0.1) is 0 Å². The molecule has 0 N–H and O–H groups in total. The highest BCUT2D eigenvalue weighted by atomic mass is 14.9. The van der Waals surface area contributed by atoms with Crippen LogP contribution in [-0.4, -0.2) is 9.97 Å². The van der Waals surface area contributed by atoms with Crippen LogP contribution in [0.1, 0.15) is 33.4 Å². The summed E-state index contributed by atoms with van der Waals surface area (Å²) in [6.45, 7) is 12.8. The van der Waals surface area contributed by atoms with E-state index in [2.05, 4.69) is 120 Å². The lowest BCUT2D eigenvalue weighted by atomic mass is 9.95. The van der Waals surface area contributed by atoms with E-state index in [0.717, 1.165) is 45.0 Å². The summed E-state index contributed by atoms with van der Waals surface area (Å²) in [6, 6.07) is 30.3. The maximum absolute atomic E-state index is 5.43. The van der Waals surface area contributed by atoms with Crippen LogP contribution in [0.3, 0.4) is 0 Å². The third kappa shape index (κ3) is 4.85. The van der Waals surface area contributed by atoms with Crippen molar-refractivity contribution in [1.29, 1.82) is 0 Å². The Morgan fingerprint density at radius 1 is 0.333 bits per heavy atom. The molecular formula is C34H32N2. The van der Waals surface area contributed by atoms with Crippen molar-refractivity contribution >= 4 is 0 Å². The molecule has 0 bridgehead atoms. The minimum atomic E-state index is 0.905. The summed E-state index contributed by atoms with van der Waals surface area (Å²) < 4.78 is 0. The summed E-state index contributed by atoms with van der Waals surface area (Å²) >= 11 is 0. The fourth-order valence-corrected chi connectivity index (χ4v) is 5.17. The van der Waals surface area contributed by atoms with Crippen molar-refractivity contribution < 1.29 is 0 Å². The highest BCUT2D eigenvalue weighted by Crippen LogP contribution is 2.38. The Balaban J connectivity index is 1.91. The average Bonchev–Trinajstić information content (AvgIpc) is 2.82. The summed E-state index contributed by atoms with van der Waals surface area (Å²) in [5.74, 6) is 0. The normalized spacial score (nSPS) is 11.1. The van der Waals surface area contributed by atoms with E-state index < -0.39 is 0 Å². The van der Waals surface area contributed by atoms with Crippen molar-refractivity contribution in [3.63, 3.8) is 0 Å². The van der Waals surface area contributed by atoms with Gasteiger partial charge >= 0.3 is 0 Å². The first-order valence-electron chi connectivity index (χ1n) is 12.5. The number of hydrogen-bond acceptors (Lipinski definition) is 2. The van der Waals surface area contributed by atoms with E-state index in [1.807, 2.05) is 6.07 Å². The molecule has 0 saturated carbocycles. The minimum Gasteiger partial charge on any atom is -0.243 e. The number of aryl methyl sites for hydroxylation is 6. The van der Waals surface area contributed by atoms with Gasteiger partial charge in [-0.05, 0) is 77.9 Å². The summed E-state index contributed by atoms with van der Waals surface area (Å²) in [7, 11) is 0. The monoisotopic (exact) mass is 468 g/mol. The molecule has 0 fully saturated rings. The van der Waals surface area contributed by atoms with Gasteiger partial charge in [-0.2, -0.15) is 0 Å². The predicted octanol–water partition coefficient (Wildman–Crippen LogP) is 9.00. The smallest absolute Gasteiger partial charge is 0.0973 e. The standard InChI is InChI=1S/C34H32N2/c1-21-12-22(2)16-28(15-21)32-31(27-10-8-7-9-11-27)35-33(29-17-23(3)13-24(4)18-29)34(36-32)30-19-25(5)14-26(6)20-30/h7-20H,1-6H3. The number of hydrogen-bond donors (Lipinski definition) is 0. The molecule has 178 valence electrons. The third-order valence-electron chi connectivity index (χ3n) is 6.43. The van der Waals surface area contributed by atoms with Gasteiger partial charge in [0.2, 0.25) is 0 Å². The van der Waals surface area contributed by atoms with Crippen molar-refractivity contribution in [1.82, 2.24) is 9.97 Å². The lowest BCUT2D eigenvalue weighted by Gasteiger charge is -2.18. The third-order valence-corrected chi connectivity index (χ3v) is 6.43. The Labute approximate surface area is 214 Å². The van der Waals surface area contributed by atoms with Crippen LogP contribution >= 0.6 is 0 Å². The molecule has 1 aromatic heterocycles. The number of nitrogens with zero attached hydrogens (tertiary/aromatic N) is 2. The van der Waals surface area contributed by atoms with E-state index in [-0.39, 0.29) is 0 Å². The maximum atomic E-state index is 5.43. The fraction of sp³-hybridized carbons (Fsp3) is 0.176. The predicted molar refractivity (Wildman–Crippen MR) is 152 cm³/mol. The second kappa shape index (κ2) is 9.54. The molecule has 1 heterocycles. The molecular weight excluding hydrogens is 436 g/mol. The van der Waals surface area contributed by atoms with E-state index in [9.17, 15) is 0 Å². The zero-order chi connectivity index (χ0) is 25.4. The van der Waals surface area contributed by atoms with Crippen molar-refractivity contribution in [2.45, 2.75) is 41.5 Å². The molecule has 0 unspecified atom stereocenters. The highest BCUT2D eigenvalue weighted by Gasteiger charge is 2.20. The van der Waals surface area contributed by atoms with Crippen molar-refractivity contribution in [3.8, 4) is 45.0 Å². The summed E-state index contributed by atoms with van der Waals surface area (Å²) in [4.78, 5) is 10.8.